The zero-order chi connectivity index (χ0) is 13.0. The van der Waals surface area contributed by atoms with Crippen LogP contribution in [0, 0.1) is 0 Å². The van der Waals surface area contributed by atoms with Gasteiger partial charge in [-0.05, 0) is 13.3 Å². The monoisotopic (exact) mass is 249 g/mol. The van der Waals surface area contributed by atoms with Gasteiger partial charge in [0.05, 0.1) is 0 Å². The lowest BCUT2D eigenvalue weighted by molar-refractivity contribution is 0.497. The van der Waals surface area contributed by atoms with Crippen molar-refractivity contribution in [3.63, 3.8) is 0 Å². The molecule has 1 aliphatic heterocycles. The minimum atomic E-state index is 0.484. The van der Waals surface area contributed by atoms with E-state index in [1.165, 1.54) is 0 Å². The molecule has 5 nitrogen and oxygen atoms in total. The molecule has 0 aliphatic carbocycles. The van der Waals surface area contributed by atoms with E-state index in [-0.39, 0.29) is 0 Å². The number of hydrogen-bond donors (Lipinski definition) is 1. The van der Waals surface area contributed by atoms with Crippen LogP contribution in [0.4, 0.5) is 11.6 Å². The zero-order valence-corrected chi connectivity index (χ0v) is 11.6. The van der Waals surface area contributed by atoms with Crippen LogP contribution in [0.5, 0.6) is 0 Å². The average Bonchev–Trinajstić information content (AvgIpc) is 2.40. The Morgan fingerprint density at radius 3 is 3.06 bits per heavy atom. The predicted molar refractivity (Wildman–Crippen MR) is 75.3 cm³/mol. The molecule has 1 saturated heterocycles. The summed E-state index contributed by atoms with van der Waals surface area (Å²) < 4.78 is 0. The van der Waals surface area contributed by atoms with Crippen LogP contribution in [-0.4, -0.2) is 49.2 Å². The van der Waals surface area contributed by atoms with Crippen LogP contribution in [0.2, 0.25) is 0 Å². The molecule has 0 spiro atoms. The average molecular weight is 249 g/mol. The summed E-state index contributed by atoms with van der Waals surface area (Å²) in [7, 11) is 2.08. The molecule has 1 N–H and O–H groups in total. The van der Waals surface area contributed by atoms with Crippen molar-refractivity contribution in [2.45, 2.75) is 26.3 Å². The van der Waals surface area contributed by atoms with Gasteiger partial charge in [0, 0.05) is 45.3 Å². The SMILES string of the molecule is CCCN(C)c1cc(N2CCNCC2C)ncn1. The fraction of sp³-hybridized carbons (Fsp3) is 0.692. The van der Waals surface area contributed by atoms with E-state index in [1.807, 2.05) is 0 Å². The Balaban J connectivity index is 2.15. The van der Waals surface area contributed by atoms with Crippen LogP contribution in [0.15, 0.2) is 12.4 Å². The molecular weight excluding hydrogens is 226 g/mol. The number of nitrogens with zero attached hydrogens (tertiary/aromatic N) is 4. The summed E-state index contributed by atoms with van der Waals surface area (Å²) in [5, 5.41) is 3.40. The van der Waals surface area contributed by atoms with Gasteiger partial charge in [-0.3, -0.25) is 0 Å². The molecule has 0 aromatic carbocycles. The van der Waals surface area contributed by atoms with Gasteiger partial charge in [0.25, 0.3) is 0 Å². The summed E-state index contributed by atoms with van der Waals surface area (Å²) in [6, 6.07) is 2.58. The molecule has 1 unspecified atom stereocenters. The van der Waals surface area contributed by atoms with Crippen LogP contribution >= 0.6 is 0 Å². The molecule has 0 bridgehead atoms. The molecule has 1 aromatic heterocycles. The number of nitrogens with one attached hydrogen (secondary N) is 1. The van der Waals surface area contributed by atoms with E-state index in [2.05, 4.69) is 52.0 Å². The first-order valence-corrected chi connectivity index (χ1v) is 6.73. The van der Waals surface area contributed by atoms with Gasteiger partial charge in [-0.1, -0.05) is 6.92 Å². The first-order chi connectivity index (χ1) is 8.72. The van der Waals surface area contributed by atoms with Gasteiger partial charge in [-0.25, -0.2) is 9.97 Å². The van der Waals surface area contributed by atoms with Gasteiger partial charge in [0.1, 0.15) is 18.0 Å². The van der Waals surface area contributed by atoms with Crippen molar-refractivity contribution in [1.29, 1.82) is 0 Å². The molecule has 0 amide bonds. The Labute approximate surface area is 109 Å². The predicted octanol–water partition coefficient (Wildman–Crippen LogP) is 1.12. The van der Waals surface area contributed by atoms with Crippen LogP contribution in [0.25, 0.3) is 0 Å². The lowest BCUT2D eigenvalue weighted by atomic mass is 10.2. The van der Waals surface area contributed by atoms with E-state index in [0.717, 1.165) is 44.2 Å². The van der Waals surface area contributed by atoms with Crippen molar-refractivity contribution in [3.8, 4) is 0 Å². The third-order valence-corrected chi connectivity index (χ3v) is 3.38. The highest BCUT2D eigenvalue weighted by Gasteiger charge is 2.19. The fourth-order valence-electron chi connectivity index (χ4n) is 2.33. The highest BCUT2D eigenvalue weighted by Crippen LogP contribution is 2.19. The Kier molecular flexibility index (Phi) is 4.36. The quantitative estimate of drug-likeness (QED) is 0.866. The van der Waals surface area contributed by atoms with E-state index < -0.39 is 0 Å². The topological polar surface area (TPSA) is 44.3 Å². The molecule has 5 heteroatoms. The van der Waals surface area contributed by atoms with Crippen molar-refractivity contribution in [2.24, 2.45) is 0 Å². The van der Waals surface area contributed by atoms with Gasteiger partial charge in [0.15, 0.2) is 0 Å². The van der Waals surface area contributed by atoms with Crippen molar-refractivity contribution in [1.82, 2.24) is 15.3 Å². The second kappa shape index (κ2) is 6.00. The summed E-state index contributed by atoms with van der Waals surface area (Å²) in [4.78, 5) is 13.3. The Morgan fingerprint density at radius 2 is 2.33 bits per heavy atom. The lowest BCUT2D eigenvalue weighted by Gasteiger charge is -2.35. The molecule has 0 saturated carbocycles. The number of hydrogen-bond acceptors (Lipinski definition) is 5. The number of anilines is 2. The number of rotatable bonds is 4. The lowest BCUT2D eigenvalue weighted by Crippen LogP contribution is -2.50. The summed E-state index contributed by atoms with van der Waals surface area (Å²) in [6.07, 6.45) is 2.80. The molecule has 2 rings (SSSR count). The van der Waals surface area contributed by atoms with Gasteiger partial charge < -0.3 is 15.1 Å². The fourth-order valence-corrected chi connectivity index (χ4v) is 2.33. The van der Waals surface area contributed by atoms with Crippen LogP contribution < -0.4 is 15.1 Å². The normalized spacial score (nSPS) is 19.9. The first kappa shape index (κ1) is 13.1. The highest BCUT2D eigenvalue weighted by atomic mass is 15.3. The van der Waals surface area contributed by atoms with Gasteiger partial charge >= 0.3 is 0 Å². The zero-order valence-electron chi connectivity index (χ0n) is 11.6. The summed E-state index contributed by atoms with van der Waals surface area (Å²) in [5.74, 6) is 2.05. The molecule has 0 radical (unpaired) electrons. The molecular formula is C13H23N5. The second-order valence-corrected chi connectivity index (χ2v) is 4.90. The number of aromatic nitrogens is 2. The van der Waals surface area contributed by atoms with E-state index in [9.17, 15) is 0 Å². The Hall–Kier alpha value is -1.36. The third kappa shape index (κ3) is 2.90. The van der Waals surface area contributed by atoms with Crippen LogP contribution in [0.3, 0.4) is 0 Å². The second-order valence-electron chi connectivity index (χ2n) is 4.90. The van der Waals surface area contributed by atoms with E-state index in [4.69, 9.17) is 0 Å². The number of piperazine rings is 1. The van der Waals surface area contributed by atoms with E-state index in [1.54, 1.807) is 6.33 Å². The maximum absolute atomic E-state index is 4.42. The molecule has 1 aromatic rings. The summed E-state index contributed by atoms with van der Waals surface area (Å²) in [6.45, 7) is 8.47. The van der Waals surface area contributed by atoms with E-state index in [0.29, 0.717) is 6.04 Å². The minimum absolute atomic E-state index is 0.484. The van der Waals surface area contributed by atoms with Crippen LogP contribution in [0.1, 0.15) is 20.3 Å². The van der Waals surface area contributed by atoms with Gasteiger partial charge in [0.2, 0.25) is 0 Å². The molecule has 18 heavy (non-hydrogen) atoms. The molecule has 100 valence electrons. The molecule has 1 atom stereocenters. The summed E-state index contributed by atoms with van der Waals surface area (Å²) in [5.41, 5.74) is 0. The van der Waals surface area contributed by atoms with Gasteiger partial charge in [-0.15, -0.1) is 0 Å². The maximum atomic E-state index is 4.42. The summed E-state index contributed by atoms with van der Waals surface area (Å²) >= 11 is 0. The van der Waals surface area contributed by atoms with E-state index >= 15 is 0 Å². The largest absolute Gasteiger partial charge is 0.360 e. The van der Waals surface area contributed by atoms with Crippen molar-refractivity contribution in [2.75, 3.05) is 43.0 Å². The Bertz CT molecular complexity index is 381. The smallest absolute Gasteiger partial charge is 0.134 e. The van der Waals surface area contributed by atoms with Crippen molar-refractivity contribution >= 4 is 11.6 Å². The molecule has 1 fully saturated rings. The standard InChI is InChI=1S/C13H23N5/c1-4-6-17(3)12-8-13(16-10-15-12)18-7-5-14-9-11(18)2/h8,10-11,14H,4-7,9H2,1-3H3. The van der Waals surface area contributed by atoms with Crippen molar-refractivity contribution < 1.29 is 0 Å². The third-order valence-electron chi connectivity index (χ3n) is 3.38. The minimum Gasteiger partial charge on any atom is -0.360 e. The highest BCUT2D eigenvalue weighted by molar-refractivity contribution is 5.50. The maximum Gasteiger partial charge on any atom is 0.134 e. The Morgan fingerprint density at radius 1 is 1.50 bits per heavy atom. The van der Waals surface area contributed by atoms with Crippen molar-refractivity contribution in [3.05, 3.63) is 12.4 Å². The first-order valence-electron chi connectivity index (χ1n) is 6.73. The van der Waals surface area contributed by atoms with Crippen LogP contribution in [-0.2, 0) is 0 Å². The van der Waals surface area contributed by atoms with Gasteiger partial charge in [-0.2, -0.15) is 0 Å². The molecule has 1 aliphatic rings. The molecule has 2 heterocycles.